The third kappa shape index (κ3) is 5.24. The number of piperidine rings is 1. The standard InChI is InChI=1S/C33H30N6O2S/c40-31(36-25-13-9-24(10-14-25)20-38-17-5-2-6-18-38)29-28-27-30(34-21-35-32(27)42-29)39(33(41)37-28)26-15-11-23(12-16-26)19-22-7-3-1-4-8-22/h1,3-4,7-16,21H,2,5-6,17-20H2,(H,36,40)(H,37,41). The van der Waals surface area contributed by atoms with E-state index in [4.69, 9.17) is 0 Å². The third-order valence-corrected chi connectivity index (χ3v) is 8.93. The van der Waals surface area contributed by atoms with E-state index in [1.165, 1.54) is 48.1 Å². The monoisotopic (exact) mass is 574 g/mol. The zero-order valence-electron chi connectivity index (χ0n) is 23.0. The lowest BCUT2D eigenvalue weighted by atomic mass is 10.0. The molecule has 1 saturated heterocycles. The van der Waals surface area contributed by atoms with Crippen LogP contribution in [0.4, 0.5) is 27.7 Å². The van der Waals surface area contributed by atoms with Crippen molar-refractivity contribution in [2.24, 2.45) is 0 Å². The highest BCUT2D eigenvalue weighted by molar-refractivity contribution is 7.21. The number of carbonyl (C=O) groups is 2. The van der Waals surface area contributed by atoms with E-state index in [9.17, 15) is 9.59 Å². The van der Waals surface area contributed by atoms with Gasteiger partial charge in [-0.2, -0.15) is 0 Å². The van der Waals surface area contributed by atoms with Gasteiger partial charge in [-0.15, -0.1) is 11.3 Å². The summed E-state index contributed by atoms with van der Waals surface area (Å²) in [6.07, 6.45) is 6.07. The second kappa shape index (κ2) is 11.3. The quantitative estimate of drug-likeness (QED) is 0.214. The molecule has 0 radical (unpaired) electrons. The molecule has 2 aromatic heterocycles. The molecule has 8 nitrogen and oxygen atoms in total. The number of aromatic nitrogens is 2. The summed E-state index contributed by atoms with van der Waals surface area (Å²) in [5.41, 5.74) is 5.44. The summed E-state index contributed by atoms with van der Waals surface area (Å²) in [5, 5.41) is 6.61. The van der Waals surface area contributed by atoms with Gasteiger partial charge >= 0.3 is 6.03 Å². The summed E-state index contributed by atoms with van der Waals surface area (Å²) in [6, 6.07) is 25.8. The maximum absolute atomic E-state index is 13.4. The van der Waals surface area contributed by atoms with Crippen LogP contribution in [0.2, 0.25) is 0 Å². The van der Waals surface area contributed by atoms with E-state index >= 15 is 0 Å². The number of carbonyl (C=O) groups excluding carboxylic acids is 2. The fourth-order valence-electron chi connectivity index (χ4n) is 5.72. The first-order valence-corrected chi connectivity index (χ1v) is 15.1. The number of anilines is 4. The van der Waals surface area contributed by atoms with Crippen LogP contribution < -0.4 is 15.5 Å². The smallest absolute Gasteiger partial charge is 0.321 e. The maximum Gasteiger partial charge on any atom is 0.332 e. The number of nitrogens with one attached hydrogen (secondary N) is 2. The molecule has 0 saturated carbocycles. The van der Waals surface area contributed by atoms with Crippen molar-refractivity contribution in [2.75, 3.05) is 28.6 Å². The number of urea groups is 1. The van der Waals surface area contributed by atoms with Gasteiger partial charge in [0.15, 0.2) is 5.82 Å². The van der Waals surface area contributed by atoms with Crippen molar-refractivity contribution < 1.29 is 9.59 Å². The Morgan fingerprint density at radius 3 is 2.33 bits per heavy atom. The molecule has 4 heterocycles. The molecule has 2 N–H and O–H groups in total. The van der Waals surface area contributed by atoms with Crippen molar-refractivity contribution in [1.29, 1.82) is 0 Å². The fourth-order valence-corrected chi connectivity index (χ4v) is 6.70. The molecule has 7 rings (SSSR count). The molecule has 0 spiro atoms. The average Bonchev–Trinajstić information content (AvgIpc) is 3.39. The van der Waals surface area contributed by atoms with Gasteiger partial charge in [-0.3, -0.25) is 9.69 Å². The van der Waals surface area contributed by atoms with E-state index in [0.717, 1.165) is 31.6 Å². The molecular formula is C33H30N6O2S. The van der Waals surface area contributed by atoms with Gasteiger partial charge in [0, 0.05) is 12.2 Å². The number of hydrogen-bond donors (Lipinski definition) is 2. The highest BCUT2D eigenvalue weighted by atomic mass is 32.1. The van der Waals surface area contributed by atoms with E-state index < -0.39 is 0 Å². The largest absolute Gasteiger partial charge is 0.332 e. The van der Waals surface area contributed by atoms with E-state index in [1.807, 2.05) is 54.6 Å². The Hall–Kier alpha value is -4.60. The lowest BCUT2D eigenvalue weighted by Gasteiger charge is -2.27. The molecule has 9 heteroatoms. The second-order valence-electron chi connectivity index (χ2n) is 10.8. The van der Waals surface area contributed by atoms with Crippen molar-refractivity contribution >= 4 is 56.4 Å². The van der Waals surface area contributed by atoms with Crippen LogP contribution in [-0.4, -0.2) is 39.9 Å². The molecular weight excluding hydrogens is 544 g/mol. The Labute approximate surface area is 248 Å². The van der Waals surface area contributed by atoms with E-state index in [2.05, 4.69) is 49.8 Å². The summed E-state index contributed by atoms with van der Waals surface area (Å²) in [6.45, 7) is 3.20. The van der Waals surface area contributed by atoms with Gasteiger partial charge in [-0.25, -0.2) is 19.7 Å². The van der Waals surface area contributed by atoms with Crippen molar-refractivity contribution in [3.63, 3.8) is 0 Å². The van der Waals surface area contributed by atoms with Gasteiger partial charge in [0.2, 0.25) is 0 Å². The van der Waals surface area contributed by atoms with Gasteiger partial charge < -0.3 is 10.6 Å². The molecule has 2 aliphatic heterocycles. The minimum Gasteiger partial charge on any atom is -0.321 e. The number of nitrogens with zero attached hydrogens (tertiary/aromatic N) is 4. The van der Waals surface area contributed by atoms with E-state index in [0.29, 0.717) is 38.0 Å². The first-order chi connectivity index (χ1) is 20.6. The third-order valence-electron chi connectivity index (χ3n) is 7.83. The number of benzene rings is 3. The molecule has 1 fully saturated rings. The minimum absolute atomic E-state index is 0.290. The van der Waals surface area contributed by atoms with Crippen LogP contribution in [0.1, 0.15) is 45.6 Å². The predicted molar refractivity (Wildman–Crippen MR) is 168 cm³/mol. The highest BCUT2D eigenvalue weighted by Crippen LogP contribution is 2.44. The first kappa shape index (κ1) is 26.3. The fraction of sp³-hybridized carbons (Fsp3) is 0.212. The molecule has 0 bridgehead atoms. The van der Waals surface area contributed by atoms with Crippen molar-refractivity contribution in [1.82, 2.24) is 14.9 Å². The van der Waals surface area contributed by atoms with Crippen molar-refractivity contribution in [2.45, 2.75) is 32.2 Å². The van der Waals surface area contributed by atoms with Crippen LogP contribution >= 0.6 is 11.3 Å². The number of amides is 3. The Morgan fingerprint density at radius 1 is 0.857 bits per heavy atom. The van der Waals surface area contributed by atoms with Gasteiger partial charge in [0.05, 0.1) is 16.8 Å². The van der Waals surface area contributed by atoms with E-state index in [-0.39, 0.29) is 11.9 Å². The number of thiophene rings is 1. The average molecular weight is 575 g/mol. The van der Waals surface area contributed by atoms with Gasteiger partial charge in [-0.05, 0) is 73.3 Å². The van der Waals surface area contributed by atoms with Gasteiger partial charge in [-0.1, -0.05) is 61.0 Å². The molecule has 5 aromatic rings. The van der Waals surface area contributed by atoms with Gasteiger partial charge in [0.1, 0.15) is 16.0 Å². The SMILES string of the molecule is O=C(Nc1ccc(CN2CCCCC2)cc1)c1sc2ncnc3c2c1NC(=O)N3c1ccc(Cc2ccccc2)cc1. The molecule has 0 unspecified atom stereocenters. The van der Waals surface area contributed by atoms with Crippen LogP contribution in [0.5, 0.6) is 0 Å². The summed E-state index contributed by atoms with van der Waals surface area (Å²) in [7, 11) is 0. The van der Waals surface area contributed by atoms with Crippen LogP contribution in [-0.2, 0) is 13.0 Å². The Morgan fingerprint density at radius 2 is 1.57 bits per heavy atom. The summed E-state index contributed by atoms with van der Waals surface area (Å²) < 4.78 is 0. The lowest BCUT2D eigenvalue weighted by Crippen LogP contribution is -2.35. The predicted octanol–water partition coefficient (Wildman–Crippen LogP) is 7.20. The molecule has 3 amide bonds. The molecule has 2 aliphatic rings. The zero-order chi connectivity index (χ0) is 28.5. The second-order valence-corrected chi connectivity index (χ2v) is 11.8. The van der Waals surface area contributed by atoms with E-state index in [1.54, 1.807) is 4.90 Å². The van der Waals surface area contributed by atoms with Gasteiger partial charge in [0.25, 0.3) is 5.91 Å². The van der Waals surface area contributed by atoms with Crippen LogP contribution in [0, 0.1) is 0 Å². The summed E-state index contributed by atoms with van der Waals surface area (Å²) in [5.74, 6) is 0.175. The van der Waals surface area contributed by atoms with Crippen molar-refractivity contribution in [3.8, 4) is 0 Å². The zero-order valence-corrected chi connectivity index (χ0v) is 23.9. The molecule has 3 aromatic carbocycles. The van der Waals surface area contributed by atoms with Crippen molar-refractivity contribution in [3.05, 3.63) is 107 Å². The number of hydrogen-bond acceptors (Lipinski definition) is 6. The maximum atomic E-state index is 13.4. The Bertz CT molecular complexity index is 1750. The Kier molecular flexibility index (Phi) is 7.11. The molecule has 0 aliphatic carbocycles. The summed E-state index contributed by atoms with van der Waals surface area (Å²) >= 11 is 1.25. The van der Waals surface area contributed by atoms with Crippen LogP contribution in [0.25, 0.3) is 10.2 Å². The van der Waals surface area contributed by atoms with Crippen LogP contribution in [0.15, 0.2) is 85.2 Å². The molecule has 210 valence electrons. The Balaban J connectivity index is 1.11. The normalized spacial score (nSPS) is 15.0. The summed E-state index contributed by atoms with van der Waals surface area (Å²) in [4.78, 5) is 40.8. The molecule has 0 atom stereocenters. The lowest BCUT2D eigenvalue weighted by molar-refractivity contribution is 0.103. The van der Waals surface area contributed by atoms with Crippen LogP contribution in [0.3, 0.4) is 0 Å². The molecule has 42 heavy (non-hydrogen) atoms. The highest BCUT2D eigenvalue weighted by Gasteiger charge is 2.33. The number of rotatable bonds is 7. The topological polar surface area (TPSA) is 90.5 Å². The first-order valence-electron chi connectivity index (χ1n) is 14.3. The minimum atomic E-state index is -0.368. The number of likely N-dealkylation sites (tertiary alicyclic amines) is 1.